The Hall–Kier alpha value is -1.55. The first kappa shape index (κ1) is 13.9. The number of halogens is 4. The van der Waals surface area contributed by atoms with Crippen molar-refractivity contribution in [3.63, 3.8) is 0 Å². The molecule has 0 atom stereocenters. The Balaban J connectivity index is 2.19. The van der Waals surface area contributed by atoms with Crippen molar-refractivity contribution in [3.8, 4) is 0 Å². The van der Waals surface area contributed by atoms with Gasteiger partial charge in [0.05, 0.1) is 5.56 Å². The number of alkyl halides is 3. The van der Waals surface area contributed by atoms with Gasteiger partial charge in [-0.3, -0.25) is 0 Å². The lowest BCUT2D eigenvalue weighted by Gasteiger charge is -2.06. The molecule has 0 saturated heterocycles. The Kier molecular flexibility index (Phi) is 4.10. The maximum atomic E-state index is 12.4. The van der Waals surface area contributed by atoms with Gasteiger partial charge in [0.2, 0.25) is 0 Å². The van der Waals surface area contributed by atoms with Gasteiger partial charge in [0, 0.05) is 4.47 Å². The van der Waals surface area contributed by atoms with Crippen molar-refractivity contribution in [1.82, 2.24) is 0 Å². The lowest BCUT2D eigenvalue weighted by molar-refractivity contribution is -0.137. The summed E-state index contributed by atoms with van der Waals surface area (Å²) in [6.45, 7) is 0. The van der Waals surface area contributed by atoms with E-state index < -0.39 is 11.7 Å². The molecule has 0 radical (unpaired) electrons. The second kappa shape index (κ2) is 5.61. The smallest absolute Gasteiger partial charge is 0.166 e. The van der Waals surface area contributed by atoms with Gasteiger partial charge in [-0.05, 0) is 29.3 Å². The van der Waals surface area contributed by atoms with E-state index in [1.54, 1.807) is 6.08 Å². The van der Waals surface area contributed by atoms with E-state index in [0.29, 0.717) is 0 Å². The van der Waals surface area contributed by atoms with Gasteiger partial charge >= 0.3 is 6.18 Å². The van der Waals surface area contributed by atoms with Gasteiger partial charge in [0.15, 0.2) is 0 Å². The molecule has 0 N–H and O–H groups in total. The molecule has 0 heterocycles. The van der Waals surface area contributed by atoms with Gasteiger partial charge in [0.25, 0.3) is 0 Å². The van der Waals surface area contributed by atoms with Crippen molar-refractivity contribution in [2.75, 3.05) is 0 Å². The molecule has 0 aliphatic heterocycles. The highest BCUT2D eigenvalue weighted by atomic mass is 79.9. The molecule has 0 aliphatic carbocycles. The summed E-state index contributed by atoms with van der Waals surface area (Å²) in [5, 5.41) is 0. The monoisotopic (exact) mass is 326 g/mol. The minimum Gasteiger partial charge on any atom is -0.166 e. The van der Waals surface area contributed by atoms with Crippen LogP contribution < -0.4 is 0 Å². The van der Waals surface area contributed by atoms with E-state index in [0.717, 1.165) is 27.7 Å². The van der Waals surface area contributed by atoms with Crippen LogP contribution in [-0.4, -0.2) is 0 Å². The highest BCUT2D eigenvalue weighted by molar-refractivity contribution is 9.10. The Labute approximate surface area is 117 Å². The second-order valence-electron chi connectivity index (χ2n) is 3.97. The normalized spacial score (nSPS) is 12.0. The summed E-state index contributed by atoms with van der Waals surface area (Å²) in [5.41, 5.74) is 1.07. The molecule has 2 aromatic rings. The van der Waals surface area contributed by atoms with Crippen LogP contribution in [0.25, 0.3) is 12.2 Å². The van der Waals surface area contributed by atoms with Crippen molar-refractivity contribution in [1.29, 1.82) is 0 Å². The molecule has 2 aromatic carbocycles. The molecule has 19 heavy (non-hydrogen) atoms. The highest BCUT2D eigenvalue weighted by Gasteiger charge is 2.29. The number of rotatable bonds is 2. The summed E-state index contributed by atoms with van der Waals surface area (Å²) < 4.78 is 38.1. The van der Waals surface area contributed by atoms with E-state index >= 15 is 0 Å². The minimum atomic E-state index is -4.29. The van der Waals surface area contributed by atoms with Crippen LogP contribution in [0.2, 0.25) is 0 Å². The summed E-state index contributed by atoms with van der Waals surface area (Å²) in [7, 11) is 0. The zero-order valence-electron chi connectivity index (χ0n) is 9.79. The number of benzene rings is 2. The van der Waals surface area contributed by atoms with Crippen LogP contribution in [0.3, 0.4) is 0 Å². The first-order chi connectivity index (χ1) is 8.97. The fraction of sp³-hybridized carbons (Fsp3) is 0.0667. The van der Waals surface area contributed by atoms with Crippen molar-refractivity contribution in [2.24, 2.45) is 0 Å². The third kappa shape index (κ3) is 3.70. The molecule has 0 saturated carbocycles. The summed E-state index contributed by atoms with van der Waals surface area (Å²) >= 11 is 3.41. The van der Waals surface area contributed by atoms with E-state index in [-0.39, 0.29) is 0 Å². The van der Waals surface area contributed by atoms with Crippen molar-refractivity contribution in [3.05, 3.63) is 69.7 Å². The average molecular weight is 327 g/mol. The van der Waals surface area contributed by atoms with Gasteiger partial charge in [0.1, 0.15) is 0 Å². The van der Waals surface area contributed by atoms with Crippen LogP contribution in [-0.2, 0) is 6.18 Å². The van der Waals surface area contributed by atoms with Crippen molar-refractivity contribution in [2.45, 2.75) is 6.18 Å². The molecule has 98 valence electrons. The molecule has 0 nitrogen and oxygen atoms in total. The van der Waals surface area contributed by atoms with Gasteiger partial charge in [-0.2, -0.15) is 13.2 Å². The Bertz CT molecular complexity index is 583. The molecule has 0 unspecified atom stereocenters. The number of hydrogen-bond donors (Lipinski definition) is 0. The highest BCUT2D eigenvalue weighted by Crippen LogP contribution is 2.29. The summed E-state index contributed by atoms with van der Waals surface area (Å²) in [4.78, 5) is 0. The standard InChI is InChI=1S/C15H10BrF3/c16-14-4-2-1-3-12(14)8-5-11-6-9-13(10-7-11)15(17,18)19/h1-10H. The zero-order valence-corrected chi connectivity index (χ0v) is 11.4. The van der Waals surface area contributed by atoms with Gasteiger partial charge in [-0.25, -0.2) is 0 Å². The predicted octanol–water partition coefficient (Wildman–Crippen LogP) is 5.64. The zero-order chi connectivity index (χ0) is 13.9. The summed E-state index contributed by atoms with van der Waals surface area (Å²) in [5.74, 6) is 0. The molecule has 0 bridgehead atoms. The first-order valence-electron chi connectivity index (χ1n) is 5.57. The molecule has 2 rings (SSSR count). The topological polar surface area (TPSA) is 0 Å². The summed E-state index contributed by atoms with van der Waals surface area (Å²) in [6.07, 6.45) is -0.655. The van der Waals surface area contributed by atoms with Crippen LogP contribution in [0.5, 0.6) is 0 Å². The second-order valence-corrected chi connectivity index (χ2v) is 4.83. The van der Waals surface area contributed by atoms with Gasteiger partial charge in [-0.15, -0.1) is 0 Å². The van der Waals surface area contributed by atoms with Crippen molar-refractivity contribution < 1.29 is 13.2 Å². The molecule has 4 heteroatoms. The van der Waals surface area contributed by atoms with Gasteiger partial charge in [-0.1, -0.05) is 58.4 Å². The van der Waals surface area contributed by atoms with Gasteiger partial charge < -0.3 is 0 Å². The lowest BCUT2D eigenvalue weighted by Crippen LogP contribution is -2.03. The third-order valence-corrected chi connectivity index (χ3v) is 3.32. The Morgan fingerprint density at radius 2 is 1.47 bits per heavy atom. The van der Waals surface area contributed by atoms with Crippen LogP contribution in [0.15, 0.2) is 53.0 Å². The molecule has 0 aliphatic rings. The quantitative estimate of drug-likeness (QED) is 0.626. The predicted molar refractivity (Wildman–Crippen MR) is 74.5 cm³/mol. The molecular weight excluding hydrogens is 317 g/mol. The molecular formula is C15H10BrF3. The molecule has 0 amide bonds. The molecule has 0 fully saturated rings. The van der Waals surface area contributed by atoms with Crippen molar-refractivity contribution >= 4 is 28.1 Å². The largest absolute Gasteiger partial charge is 0.416 e. The fourth-order valence-corrected chi connectivity index (χ4v) is 2.00. The SMILES string of the molecule is FC(F)(F)c1ccc(C=Cc2ccccc2Br)cc1. The van der Waals surface area contributed by atoms with E-state index in [1.165, 1.54) is 12.1 Å². The number of hydrogen-bond acceptors (Lipinski definition) is 0. The average Bonchev–Trinajstić information content (AvgIpc) is 2.37. The van der Waals surface area contributed by atoms with E-state index in [4.69, 9.17) is 0 Å². The lowest BCUT2D eigenvalue weighted by atomic mass is 10.1. The van der Waals surface area contributed by atoms with E-state index in [9.17, 15) is 13.2 Å². The van der Waals surface area contributed by atoms with Crippen LogP contribution in [0.1, 0.15) is 16.7 Å². The molecule has 0 spiro atoms. The molecule has 0 aromatic heterocycles. The van der Waals surface area contributed by atoms with Crippen LogP contribution in [0, 0.1) is 0 Å². The first-order valence-corrected chi connectivity index (χ1v) is 6.36. The Morgan fingerprint density at radius 3 is 2.05 bits per heavy atom. The van der Waals surface area contributed by atoms with E-state index in [2.05, 4.69) is 15.9 Å². The van der Waals surface area contributed by atoms with E-state index in [1.807, 2.05) is 30.3 Å². The third-order valence-electron chi connectivity index (χ3n) is 2.60. The minimum absolute atomic E-state index is 0.634. The maximum absolute atomic E-state index is 12.4. The fourth-order valence-electron chi connectivity index (χ4n) is 1.58. The Morgan fingerprint density at radius 1 is 0.842 bits per heavy atom. The van der Waals surface area contributed by atoms with Crippen LogP contribution >= 0.6 is 15.9 Å². The van der Waals surface area contributed by atoms with Crippen LogP contribution in [0.4, 0.5) is 13.2 Å². The maximum Gasteiger partial charge on any atom is 0.416 e. The summed E-state index contributed by atoms with van der Waals surface area (Å²) in [6, 6.07) is 12.7.